The summed E-state index contributed by atoms with van der Waals surface area (Å²) in [5, 5.41) is 6.41. The van der Waals surface area contributed by atoms with E-state index in [0.29, 0.717) is 18.8 Å². The van der Waals surface area contributed by atoms with Crippen LogP contribution in [0, 0.1) is 5.41 Å². The maximum absolute atomic E-state index is 11.5. The van der Waals surface area contributed by atoms with Gasteiger partial charge in [-0.15, -0.1) is 0 Å². The van der Waals surface area contributed by atoms with Crippen LogP contribution in [0.25, 0.3) is 0 Å². The topological polar surface area (TPSA) is 81.2 Å². The minimum Gasteiger partial charge on any atom is -0.364 e. The highest BCUT2D eigenvalue weighted by Crippen LogP contribution is 2.12. The Labute approximate surface area is 82.6 Å². The van der Waals surface area contributed by atoms with Gasteiger partial charge in [-0.3, -0.25) is 4.79 Å². The van der Waals surface area contributed by atoms with Crippen molar-refractivity contribution in [3.05, 3.63) is 18.0 Å². The van der Waals surface area contributed by atoms with Gasteiger partial charge >= 0.3 is 0 Å². The van der Waals surface area contributed by atoms with E-state index in [9.17, 15) is 4.79 Å². The van der Waals surface area contributed by atoms with Gasteiger partial charge in [0.2, 0.25) is 5.91 Å². The summed E-state index contributed by atoms with van der Waals surface area (Å²) in [5.74, 6) is -0.0806. The maximum atomic E-state index is 11.5. The summed E-state index contributed by atoms with van der Waals surface area (Å²) >= 11 is 0. The van der Waals surface area contributed by atoms with Crippen molar-refractivity contribution in [1.29, 1.82) is 0 Å². The predicted molar refractivity (Wildman–Crippen MR) is 51.2 cm³/mol. The lowest BCUT2D eigenvalue weighted by molar-refractivity contribution is -0.129. The molecular formula is C9H15N3O2. The molecule has 0 saturated carbocycles. The largest absolute Gasteiger partial charge is 0.364 e. The molecule has 0 bridgehead atoms. The quantitative estimate of drug-likeness (QED) is 0.726. The molecule has 1 amide bonds. The first-order valence-corrected chi connectivity index (χ1v) is 4.44. The summed E-state index contributed by atoms with van der Waals surface area (Å²) in [6, 6.07) is 1.70. The van der Waals surface area contributed by atoms with Gasteiger partial charge in [-0.2, -0.15) is 0 Å². The Hall–Kier alpha value is -1.36. The minimum atomic E-state index is -0.538. The number of aromatic nitrogens is 1. The molecule has 78 valence electrons. The number of amides is 1. The number of hydrogen-bond donors (Lipinski definition) is 2. The Kier molecular flexibility index (Phi) is 3.24. The van der Waals surface area contributed by atoms with Crippen LogP contribution in [0.15, 0.2) is 16.9 Å². The molecule has 0 aromatic carbocycles. The molecule has 0 aliphatic heterocycles. The van der Waals surface area contributed by atoms with Gasteiger partial charge in [-0.1, -0.05) is 5.16 Å². The fourth-order valence-electron chi connectivity index (χ4n) is 0.832. The smallest absolute Gasteiger partial charge is 0.227 e. The zero-order chi connectivity index (χ0) is 10.6. The molecule has 0 radical (unpaired) electrons. The minimum absolute atomic E-state index is 0.0806. The van der Waals surface area contributed by atoms with Crippen LogP contribution in [0.1, 0.15) is 19.5 Å². The van der Waals surface area contributed by atoms with Crippen molar-refractivity contribution < 1.29 is 9.32 Å². The van der Waals surface area contributed by atoms with E-state index < -0.39 is 5.41 Å². The molecule has 0 saturated heterocycles. The first-order chi connectivity index (χ1) is 6.56. The van der Waals surface area contributed by atoms with Crippen LogP contribution in [0.4, 0.5) is 0 Å². The van der Waals surface area contributed by atoms with E-state index in [0.717, 1.165) is 0 Å². The van der Waals surface area contributed by atoms with Crippen molar-refractivity contribution in [2.75, 3.05) is 6.54 Å². The third-order valence-corrected chi connectivity index (χ3v) is 2.05. The van der Waals surface area contributed by atoms with Gasteiger partial charge < -0.3 is 15.6 Å². The van der Waals surface area contributed by atoms with Crippen molar-refractivity contribution in [1.82, 2.24) is 10.5 Å². The van der Waals surface area contributed by atoms with E-state index in [1.165, 1.54) is 6.26 Å². The van der Waals surface area contributed by atoms with Crippen LogP contribution >= 0.6 is 0 Å². The molecule has 14 heavy (non-hydrogen) atoms. The molecule has 0 fully saturated rings. The summed E-state index contributed by atoms with van der Waals surface area (Å²) in [6.45, 7) is 4.28. The Morgan fingerprint density at radius 2 is 2.43 bits per heavy atom. The molecule has 1 rings (SSSR count). The fraction of sp³-hybridized carbons (Fsp3) is 0.556. The second kappa shape index (κ2) is 4.23. The maximum Gasteiger partial charge on any atom is 0.227 e. The summed E-state index contributed by atoms with van der Waals surface area (Å²) in [7, 11) is 0. The highest BCUT2D eigenvalue weighted by molar-refractivity contribution is 5.81. The molecule has 5 nitrogen and oxygen atoms in total. The van der Waals surface area contributed by atoms with Crippen LogP contribution < -0.4 is 11.1 Å². The van der Waals surface area contributed by atoms with Crippen molar-refractivity contribution >= 4 is 5.91 Å². The van der Waals surface area contributed by atoms with E-state index in [2.05, 4.69) is 15.0 Å². The Morgan fingerprint density at radius 1 is 1.71 bits per heavy atom. The van der Waals surface area contributed by atoms with Crippen LogP contribution in [-0.2, 0) is 11.3 Å². The van der Waals surface area contributed by atoms with E-state index in [1.54, 1.807) is 19.9 Å². The normalized spacial score (nSPS) is 11.4. The number of carbonyl (C=O) groups excluding carboxylic acids is 1. The van der Waals surface area contributed by atoms with Crippen LogP contribution in [0.3, 0.4) is 0 Å². The summed E-state index contributed by atoms with van der Waals surface area (Å²) in [5.41, 5.74) is 5.62. The number of nitrogens with zero attached hydrogens (tertiary/aromatic N) is 1. The second-order valence-electron chi connectivity index (χ2n) is 3.76. The zero-order valence-electron chi connectivity index (χ0n) is 8.41. The number of nitrogens with two attached hydrogens (primary N) is 1. The average molecular weight is 197 g/mol. The summed E-state index contributed by atoms with van der Waals surface area (Å²) < 4.78 is 4.63. The summed E-state index contributed by atoms with van der Waals surface area (Å²) in [4.78, 5) is 11.5. The molecule has 5 heteroatoms. The number of carbonyl (C=O) groups is 1. The van der Waals surface area contributed by atoms with Crippen LogP contribution in [-0.4, -0.2) is 17.6 Å². The van der Waals surface area contributed by atoms with Gasteiger partial charge in [0.15, 0.2) is 0 Å². The highest BCUT2D eigenvalue weighted by Gasteiger charge is 2.25. The fourth-order valence-corrected chi connectivity index (χ4v) is 0.832. The van der Waals surface area contributed by atoms with E-state index in [-0.39, 0.29) is 5.91 Å². The van der Waals surface area contributed by atoms with Gasteiger partial charge in [0.05, 0.1) is 12.0 Å². The van der Waals surface area contributed by atoms with Crippen LogP contribution in [0.5, 0.6) is 0 Å². The molecule has 1 aromatic heterocycles. The average Bonchev–Trinajstić information content (AvgIpc) is 2.66. The van der Waals surface area contributed by atoms with Crippen molar-refractivity contribution in [2.24, 2.45) is 11.1 Å². The number of nitrogens with one attached hydrogen (secondary N) is 1. The third kappa shape index (κ3) is 2.56. The van der Waals surface area contributed by atoms with Gasteiger partial charge in [0.1, 0.15) is 12.0 Å². The summed E-state index contributed by atoms with van der Waals surface area (Å²) in [6.07, 6.45) is 1.47. The van der Waals surface area contributed by atoms with E-state index >= 15 is 0 Å². The zero-order valence-corrected chi connectivity index (χ0v) is 8.41. The lowest BCUT2D eigenvalue weighted by Gasteiger charge is -2.20. The predicted octanol–water partition coefficient (Wildman–Crippen LogP) is 0.276. The van der Waals surface area contributed by atoms with Gasteiger partial charge in [-0.25, -0.2) is 0 Å². The molecule has 1 aromatic rings. The first kappa shape index (κ1) is 10.7. The van der Waals surface area contributed by atoms with E-state index in [1.807, 2.05) is 0 Å². The lowest BCUT2D eigenvalue weighted by Crippen LogP contribution is -2.41. The molecule has 1 heterocycles. The van der Waals surface area contributed by atoms with Gasteiger partial charge in [0, 0.05) is 12.6 Å². The Balaban J connectivity index is 2.43. The molecule has 0 atom stereocenters. The van der Waals surface area contributed by atoms with Crippen LogP contribution in [0.2, 0.25) is 0 Å². The third-order valence-electron chi connectivity index (χ3n) is 2.05. The number of rotatable bonds is 4. The van der Waals surface area contributed by atoms with Gasteiger partial charge in [-0.05, 0) is 13.8 Å². The second-order valence-corrected chi connectivity index (χ2v) is 3.76. The van der Waals surface area contributed by atoms with Crippen molar-refractivity contribution in [3.63, 3.8) is 0 Å². The number of hydrogen-bond acceptors (Lipinski definition) is 4. The van der Waals surface area contributed by atoms with Crippen molar-refractivity contribution in [2.45, 2.75) is 20.4 Å². The van der Waals surface area contributed by atoms with E-state index in [4.69, 9.17) is 5.73 Å². The Morgan fingerprint density at radius 3 is 2.93 bits per heavy atom. The van der Waals surface area contributed by atoms with Gasteiger partial charge in [0.25, 0.3) is 0 Å². The molecule has 0 spiro atoms. The molecular weight excluding hydrogens is 182 g/mol. The molecule has 0 aliphatic rings. The molecule has 3 N–H and O–H groups in total. The molecule has 0 aliphatic carbocycles. The lowest BCUT2D eigenvalue weighted by atomic mass is 9.93. The SMILES string of the molecule is CC(C)(CN)C(=O)NCc1ccon1. The highest BCUT2D eigenvalue weighted by atomic mass is 16.5. The monoisotopic (exact) mass is 197 g/mol. The Bertz CT molecular complexity index is 293. The molecule has 0 unspecified atom stereocenters. The first-order valence-electron chi connectivity index (χ1n) is 4.44. The standard InChI is InChI=1S/C9H15N3O2/c1-9(2,6-10)8(13)11-5-7-3-4-14-12-7/h3-4H,5-6,10H2,1-2H3,(H,11,13). The van der Waals surface area contributed by atoms with Crippen molar-refractivity contribution in [3.8, 4) is 0 Å².